The normalized spacial score (nSPS) is 23.7. The highest BCUT2D eigenvalue weighted by atomic mass is 31.2. The maximum atomic E-state index is 13.0. The van der Waals surface area contributed by atoms with Crippen LogP contribution in [0.5, 0.6) is 0 Å². The van der Waals surface area contributed by atoms with Crippen molar-refractivity contribution >= 4 is 13.7 Å². The van der Waals surface area contributed by atoms with Crippen molar-refractivity contribution < 1.29 is 59.0 Å². The Balaban J connectivity index is 2.56. The van der Waals surface area contributed by atoms with Crippen LogP contribution in [0.3, 0.4) is 0 Å². The summed E-state index contributed by atoms with van der Waals surface area (Å²) >= 11 is 0. The number of aliphatic hydroxyl groups is 7. The van der Waals surface area contributed by atoms with Gasteiger partial charge < -0.3 is 46.0 Å². The number of carbonyl (C=O) groups excluding carboxylic acids is 1. The molecule has 0 saturated heterocycles. The van der Waals surface area contributed by atoms with Gasteiger partial charge in [0.1, 0.15) is 36.6 Å². The molecule has 0 aromatic carbocycles. The quantitative estimate of drug-likeness (QED) is 0.0165. The van der Waals surface area contributed by atoms with Gasteiger partial charge >= 0.3 is 7.82 Å². The smallest absolute Gasteiger partial charge is 0.393 e. The molecule has 60 heavy (non-hydrogen) atoms. The van der Waals surface area contributed by atoms with Crippen LogP contribution in [0.15, 0.2) is 36.5 Å². The van der Waals surface area contributed by atoms with Gasteiger partial charge in [-0.05, 0) is 57.8 Å². The monoisotopic (exact) mass is 876 g/mol. The summed E-state index contributed by atoms with van der Waals surface area (Å²) in [5.74, 6) is -0.614. The number of nitrogens with one attached hydrogen (secondary N) is 1. The molecular weight excluding hydrogens is 789 g/mol. The summed E-state index contributed by atoms with van der Waals surface area (Å²) in [5.41, 5.74) is 0. The van der Waals surface area contributed by atoms with Crippen molar-refractivity contribution in [1.29, 1.82) is 0 Å². The number of phosphoric acid groups is 1. The standard InChI is InChI=1S/C46H86NO12P/c1-3-5-7-9-11-13-15-16-17-18-19-20-21-22-23-24-26-28-30-32-34-39(49)38(36-58-60(56,57)59-46-44(54)42(52)41(51)43(53)45(46)55)47-40(50)35-37(48)33-31-29-27-25-14-12-10-8-6-4-2/h12,14,24,26,32,34,37-39,41-46,48-49,51-55H,3-11,13,15-23,25,27-31,33,35-36H2,1-2H3,(H,47,50)(H,56,57)/b14-12-,26-24+,34-32+. The van der Waals surface area contributed by atoms with E-state index in [1.54, 1.807) is 6.08 Å². The zero-order valence-electron chi connectivity index (χ0n) is 37.1. The Labute approximate surface area is 362 Å². The first-order chi connectivity index (χ1) is 28.8. The molecule has 14 heteroatoms. The van der Waals surface area contributed by atoms with Crippen molar-refractivity contribution in [1.82, 2.24) is 5.32 Å². The molecule has 0 aromatic rings. The highest BCUT2D eigenvalue weighted by Gasteiger charge is 2.51. The van der Waals surface area contributed by atoms with Crippen LogP contribution in [0.4, 0.5) is 0 Å². The summed E-state index contributed by atoms with van der Waals surface area (Å²) in [7, 11) is -5.15. The molecule has 0 bridgehead atoms. The van der Waals surface area contributed by atoms with Gasteiger partial charge in [0.25, 0.3) is 0 Å². The Bertz CT molecular complexity index is 1170. The predicted molar refractivity (Wildman–Crippen MR) is 238 cm³/mol. The Morgan fingerprint density at radius 1 is 0.583 bits per heavy atom. The van der Waals surface area contributed by atoms with Crippen molar-refractivity contribution in [2.24, 2.45) is 0 Å². The highest BCUT2D eigenvalue weighted by Crippen LogP contribution is 2.47. The van der Waals surface area contributed by atoms with Crippen LogP contribution in [0.2, 0.25) is 0 Å². The SMILES string of the molecule is CCCCC/C=C\CCCCCC(O)CC(=O)NC(COP(=O)(O)OC1C(O)C(O)C(O)C(O)C1O)C(O)/C=C/CC/C=C/CCCCCCCCCCCCCCCC. The molecule has 1 rings (SSSR count). The molecule has 1 amide bonds. The fourth-order valence-corrected chi connectivity index (χ4v) is 8.28. The van der Waals surface area contributed by atoms with Gasteiger partial charge in [0.05, 0.1) is 31.3 Å². The van der Waals surface area contributed by atoms with E-state index in [2.05, 4.69) is 43.5 Å². The fourth-order valence-electron chi connectivity index (χ4n) is 7.31. The third-order valence-electron chi connectivity index (χ3n) is 11.2. The van der Waals surface area contributed by atoms with Crippen LogP contribution in [-0.2, 0) is 18.4 Å². The van der Waals surface area contributed by atoms with E-state index in [1.807, 2.05) is 0 Å². The predicted octanol–water partition coefficient (Wildman–Crippen LogP) is 7.75. The molecule has 1 fully saturated rings. The van der Waals surface area contributed by atoms with Crippen molar-refractivity contribution in [3.8, 4) is 0 Å². The van der Waals surface area contributed by atoms with E-state index in [4.69, 9.17) is 9.05 Å². The summed E-state index contributed by atoms with van der Waals surface area (Å²) < 4.78 is 22.8. The van der Waals surface area contributed by atoms with Crippen molar-refractivity contribution in [3.63, 3.8) is 0 Å². The minimum atomic E-state index is -5.15. The first-order valence-corrected chi connectivity index (χ1v) is 25.0. The van der Waals surface area contributed by atoms with Crippen LogP contribution in [0, 0.1) is 0 Å². The molecule has 352 valence electrons. The van der Waals surface area contributed by atoms with E-state index in [9.17, 15) is 50.0 Å². The zero-order valence-corrected chi connectivity index (χ0v) is 38.0. The van der Waals surface area contributed by atoms with Gasteiger partial charge in [-0.3, -0.25) is 13.8 Å². The Hall–Kier alpha value is -1.48. The molecule has 1 saturated carbocycles. The third kappa shape index (κ3) is 27.6. The summed E-state index contributed by atoms with van der Waals surface area (Å²) in [4.78, 5) is 23.4. The number of amides is 1. The molecule has 1 aliphatic rings. The van der Waals surface area contributed by atoms with Crippen LogP contribution in [0.1, 0.15) is 187 Å². The van der Waals surface area contributed by atoms with E-state index in [0.717, 1.165) is 51.4 Å². The van der Waals surface area contributed by atoms with Gasteiger partial charge in [0.15, 0.2) is 0 Å². The molecule has 0 radical (unpaired) electrons. The molecule has 9 N–H and O–H groups in total. The lowest BCUT2D eigenvalue weighted by molar-refractivity contribution is -0.220. The van der Waals surface area contributed by atoms with Crippen LogP contribution in [-0.4, -0.2) is 108 Å². The van der Waals surface area contributed by atoms with Gasteiger partial charge in [-0.25, -0.2) is 4.57 Å². The number of allylic oxidation sites excluding steroid dienone is 5. The molecule has 0 spiro atoms. The van der Waals surface area contributed by atoms with Gasteiger partial charge in [0, 0.05) is 0 Å². The Morgan fingerprint density at radius 3 is 1.50 bits per heavy atom. The Morgan fingerprint density at radius 2 is 0.983 bits per heavy atom. The molecule has 13 nitrogen and oxygen atoms in total. The fraction of sp³-hybridized carbons (Fsp3) is 0.848. The molecule has 8 atom stereocenters. The van der Waals surface area contributed by atoms with E-state index in [0.29, 0.717) is 12.8 Å². The molecule has 0 heterocycles. The Kier molecular flexibility index (Phi) is 33.8. The van der Waals surface area contributed by atoms with E-state index in [-0.39, 0.29) is 6.42 Å². The van der Waals surface area contributed by atoms with E-state index >= 15 is 0 Å². The van der Waals surface area contributed by atoms with Crippen LogP contribution in [0.25, 0.3) is 0 Å². The molecule has 0 aromatic heterocycles. The van der Waals surface area contributed by atoms with E-state index < -0.39 is 75.2 Å². The lowest BCUT2D eigenvalue weighted by Gasteiger charge is -2.41. The van der Waals surface area contributed by atoms with Gasteiger partial charge in [-0.1, -0.05) is 159 Å². The lowest BCUT2D eigenvalue weighted by atomic mass is 9.85. The first-order valence-electron chi connectivity index (χ1n) is 23.5. The third-order valence-corrected chi connectivity index (χ3v) is 12.2. The minimum absolute atomic E-state index is 0.264. The second-order valence-electron chi connectivity index (χ2n) is 16.8. The second kappa shape index (κ2) is 35.9. The summed E-state index contributed by atoms with van der Waals surface area (Å²) in [6, 6.07) is -1.26. The van der Waals surface area contributed by atoms with Gasteiger partial charge in [0.2, 0.25) is 5.91 Å². The van der Waals surface area contributed by atoms with Crippen molar-refractivity contribution in [3.05, 3.63) is 36.5 Å². The van der Waals surface area contributed by atoms with Crippen LogP contribution >= 0.6 is 7.82 Å². The summed E-state index contributed by atoms with van der Waals surface area (Å²) in [6.07, 6.45) is 26.8. The van der Waals surface area contributed by atoms with Crippen molar-refractivity contribution in [2.75, 3.05) is 6.61 Å². The van der Waals surface area contributed by atoms with Gasteiger partial charge in [-0.15, -0.1) is 0 Å². The lowest BCUT2D eigenvalue weighted by Crippen LogP contribution is -2.64. The van der Waals surface area contributed by atoms with Crippen molar-refractivity contribution in [2.45, 2.75) is 242 Å². The molecule has 8 unspecified atom stereocenters. The number of rotatable bonds is 38. The van der Waals surface area contributed by atoms with E-state index in [1.165, 1.54) is 109 Å². The number of hydrogen-bond donors (Lipinski definition) is 9. The van der Waals surface area contributed by atoms with Crippen LogP contribution < -0.4 is 5.32 Å². The number of phosphoric ester groups is 1. The number of aliphatic hydroxyl groups excluding tert-OH is 7. The summed E-state index contributed by atoms with van der Waals surface area (Å²) in [5, 5.41) is 74.3. The summed E-state index contributed by atoms with van der Waals surface area (Å²) in [6.45, 7) is 3.68. The number of carbonyl (C=O) groups is 1. The number of hydrogen-bond acceptors (Lipinski definition) is 11. The number of unbranched alkanes of at least 4 members (excludes halogenated alkanes) is 21. The molecule has 1 aliphatic carbocycles. The molecule has 0 aliphatic heterocycles. The first kappa shape index (κ1) is 56.5. The zero-order chi connectivity index (χ0) is 44.4. The maximum absolute atomic E-state index is 13.0. The second-order valence-corrected chi connectivity index (χ2v) is 18.2. The largest absolute Gasteiger partial charge is 0.472 e. The molecular formula is C46H86NO12P. The highest BCUT2D eigenvalue weighted by molar-refractivity contribution is 7.47. The average Bonchev–Trinajstić information content (AvgIpc) is 3.22. The maximum Gasteiger partial charge on any atom is 0.472 e. The average molecular weight is 876 g/mol. The van der Waals surface area contributed by atoms with Gasteiger partial charge in [-0.2, -0.15) is 0 Å². The minimum Gasteiger partial charge on any atom is -0.393 e. The topological polar surface area (TPSA) is 226 Å².